The summed E-state index contributed by atoms with van der Waals surface area (Å²) in [5, 5.41) is 13.0. The molecule has 3 rings (SSSR count). The van der Waals surface area contributed by atoms with E-state index < -0.39 is 35.1 Å². The molecule has 2 aliphatic rings. The zero-order chi connectivity index (χ0) is 24.3. The molecule has 0 radical (unpaired) electrons. The van der Waals surface area contributed by atoms with Gasteiger partial charge in [-0.3, -0.25) is 4.79 Å². The monoisotopic (exact) mass is 469 g/mol. The number of rotatable bonds is 4. The zero-order valence-corrected chi connectivity index (χ0v) is 17.9. The second-order valence-corrected chi connectivity index (χ2v) is 9.44. The van der Waals surface area contributed by atoms with E-state index in [1.807, 2.05) is 0 Å². The van der Waals surface area contributed by atoms with Crippen LogP contribution in [0.5, 0.6) is 0 Å². The van der Waals surface area contributed by atoms with Crippen LogP contribution in [-0.2, 0) is 16.9 Å². The number of aryl methyl sites for hydroxylation is 1. The average molecular weight is 469 g/mol. The molecule has 2 aliphatic carbocycles. The minimum absolute atomic E-state index is 0.0355. The molecule has 1 fully saturated rings. The molecule has 1 amide bonds. The highest BCUT2D eigenvalue weighted by atomic mass is 19.4. The van der Waals surface area contributed by atoms with Gasteiger partial charge >= 0.3 is 18.0 Å². The number of amides is 1. The topological polar surface area (TPSA) is 49.3 Å². The molecule has 1 saturated carbocycles. The first kappa shape index (κ1) is 24.8. The normalized spacial score (nSPS) is 25.2. The summed E-state index contributed by atoms with van der Waals surface area (Å²) in [7, 11) is 0. The summed E-state index contributed by atoms with van der Waals surface area (Å²) in [6, 6.07) is 2.21. The fourth-order valence-electron chi connectivity index (χ4n) is 4.87. The highest BCUT2D eigenvalue weighted by Gasteiger charge is 2.73. The van der Waals surface area contributed by atoms with E-state index in [0.29, 0.717) is 37.0 Å². The quantitative estimate of drug-likeness (QED) is 0.588. The molecule has 32 heavy (non-hydrogen) atoms. The Balaban J connectivity index is 1.85. The summed E-state index contributed by atoms with van der Waals surface area (Å²) in [6.07, 6.45) is -10.5. The highest BCUT2D eigenvalue weighted by molar-refractivity contribution is 5.79. The number of carbonyl (C=O) groups is 1. The molecular formula is C22H26F7NO2. The standard InChI is InChI=1S/C22H26F7NO2/c1-11(19(2,3)32)18(31)30-17-9-8-15-14-7-5-13(10-12(14)4-6-16(15)17)20(23,21(24,25)26)22(27,28)29/h5,7,10-11,15-17,32H,4,6,8-9H2,1-3H3,(H,30,31)/t11?,15-,16+,17+/m0/s1. The lowest BCUT2D eigenvalue weighted by Crippen LogP contribution is -2.50. The van der Waals surface area contributed by atoms with E-state index in [9.17, 15) is 40.6 Å². The average Bonchev–Trinajstić information content (AvgIpc) is 3.06. The lowest BCUT2D eigenvalue weighted by Gasteiger charge is -2.35. The third-order valence-corrected chi connectivity index (χ3v) is 7.07. The first-order valence-electron chi connectivity index (χ1n) is 10.5. The molecule has 0 aromatic heterocycles. The Bertz CT molecular complexity index is 859. The molecule has 0 heterocycles. The zero-order valence-electron chi connectivity index (χ0n) is 17.9. The largest absolute Gasteiger partial charge is 0.435 e. The lowest BCUT2D eigenvalue weighted by molar-refractivity contribution is -0.348. The van der Waals surface area contributed by atoms with Gasteiger partial charge in [0, 0.05) is 11.6 Å². The summed E-state index contributed by atoms with van der Waals surface area (Å²) in [4.78, 5) is 12.5. The van der Waals surface area contributed by atoms with Gasteiger partial charge in [-0.15, -0.1) is 0 Å². The smallest absolute Gasteiger partial charge is 0.390 e. The Kier molecular flexibility index (Phi) is 6.11. The molecule has 0 saturated heterocycles. The van der Waals surface area contributed by atoms with Crippen LogP contribution in [0.2, 0.25) is 0 Å². The molecule has 0 spiro atoms. The molecule has 1 aromatic carbocycles. The van der Waals surface area contributed by atoms with Gasteiger partial charge in [0.15, 0.2) is 0 Å². The van der Waals surface area contributed by atoms with Crippen LogP contribution in [0, 0.1) is 11.8 Å². The van der Waals surface area contributed by atoms with Crippen molar-refractivity contribution in [1.82, 2.24) is 5.32 Å². The van der Waals surface area contributed by atoms with Gasteiger partial charge in [-0.05, 0) is 62.5 Å². The summed E-state index contributed by atoms with van der Waals surface area (Å²) in [5.41, 5.74) is -7.24. The summed E-state index contributed by atoms with van der Waals surface area (Å²) >= 11 is 0. The molecular weight excluding hydrogens is 443 g/mol. The van der Waals surface area contributed by atoms with Gasteiger partial charge in [0.05, 0.1) is 11.5 Å². The molecule has 0 aliphatic heterocycles. The van der Waals surface area contributed by atoms with Crippen molar-refractivity contribution in [2.45, 2.75) is 82.0 Å². The molecule has 3 nitrogen and oxygen atoms in total. The van der Waals surface area contributed by atoms with Crippen LogP contribution in [0.25, 0.3) is 0 Å². The number of alkyl halides is 7. The molecule has 2 N–H and O–H groups in total. The van der Waals surface area contributed by atoms with Crippen LogP contribution < -0.4 is 5.32 Å². The van der Waals surface area contributed by atoms with Crippen LogP contribution >= 0.6 is 0 Å². The Hall–Kier alpha value is -1.84. The van der Waals surface area contributed by atoms with Crippen molar-refractivity contribution in [1.29, 1.82) is 0 Å². The van der Waals surface area contributed by atoms with Crippen molar-refractivity contribution in [2.75, 3.05) is 0 Å². The van der Waals surface area contributed by atoms with E-state index in [2.05, 4.69) is 5.32 Å². The molecule has 10 heteroatoms. The SMILES string of the molecule is CC(C(=O)N[C@@H]1CC[C@H]2c3ccc(C(F)(C(F)(F)F)C(F)(F)F)cc3CC[C@@H]12)C(C)(C)O. The van der Waals surface area contributed by atoms with Gasteiger partial charge in [0.1, 0.15) is 0 Å². The van der Waals surface area contributed by atoms with Gasteiger partial charge in [-0.25, -0.2) is 4.39 Å². The van der Waals surface area contributed by atoms with Crippen molar-refractivity contribution in [3.8, 4) is 0 Å². The Morgan fingerprint density at radius 1 is 1.03 bits per heavy atom. The van der Waals surface area contributed by atoms with Crippen molar-refractivity contribution in [2.24, 2.45) is 11.8 Å². The predicted molar refractivity (Wildman–Crippen MR) is 103 cm³/mol. The van der Waals surface area contributed by atoms with Gasteiger partial charge < -0.3 is 10.4 Å². The number of halogens is 7. The number of nitrogens with one attached hydrogen (secondary N) is 1. The van der Waals surface area contributed by atoms with Gasteiger partial charge in [0.25, 0.3) is 0 Å². The van der Waals surface area contributed by atoms with Crippen LogP contribution in [-0.4, -0.2) is 35.0 Å². The Morgan fingerprint density at radius 3 is 2.16 bits per heavy atom. The number of fused-ring (bicyclic) bond motifs is 3. The van der Waals surface area contributed by atoms with E-state index >= 15 is 0 Å². The first-order chi connectivity index (χ1) is 14.5. The maximum atomic E-state index is 14.4. The summed E-state index contributed by atoms with van der Waals surface area (Å²) in [5.74, 6) is -1.17. The van der Waals surface area contributed by atoms with Crippen LogP contribution in [0.15, 0.2) is 18.2 Å². The number of hydrogen-bond donors (Lipinski definition) is 2. The molecule has 1 unspecified atom stereocenters. The third-order valence-electron chi connectivity index (χ3n) is 7.07. The molecule has 1 aromatic rings. The van der Waals surface area contributed by atoms with Crippen LogP contribution in [0.1, 0.15) is 62.6 Å². The van der Waals surface area contributed by atoms with Crippen molar-refractivity contribution < 1.29 is 40.6 Å². The fraction of sp³-hybridized carbons (Fsp3) is 0.682. The Labute approximate surface area is 181 Å². The predicted octanol–water partition coefficient (Wildman–Crippen LogP) is 5.31. The lowest BCUT2D eigenvalue weighted by atomic mass is 9.74. The number of carbonyl (C=O) groups excluding carboxylic acids is 1. The summed E-state index contributed by atoms with van der Waals surface area (Å²) < 4.78 is 93.0. The summed E-state index contributed by atoms with van der Waals surface area (Å²) in [6.45, 7) is 4.65. The maximum absolute atomic E-state index is 14.4. The highest BCUT2D eigenvalue weighted by Crippen LogP contribution is 2.54. The maximum Gasteiger partial charge on any atom is 0.435 e. The number of benzene rings is 1. The van der Waals surface area contributed by atoms with E-state index in [1.165, 1.54) is 13.8 Å². The number of hydrogen-bond acceptors (Lipinski definition) is 2. The van der Waals surface area contributed by atoms with E-state index in [1.54, 1.807) is 6.92 Å². The van der Waals surface area contributed by atoms with Crippen molar-refractivity contribution >= 4 is 5.91 Å². The molecule has 0 bridgehead atoms. The second kappa shape index (κ2) is 7.88. The number of aliphatic hydroxyl groups is 1. The minimum atomic E-state index is -6.14. The van der Waals surface area contributed by atoms with Gasteiger partial charge in [-0.1, -0.05) is 25.1 Å². The van der Waals surface area contributed by atoms with Gasteiger partial charge in [0.2, 0.25) is 5.91 Å². The van der Waals surface area contributed by atoms with Crippen LogP contribution in [0.3, 0.4) is 0 Å². The van der Waals surface area contributed by atoms with Crippen LogP contribution in [0.4, 0.5) is 30.7 Å². The third kappa shape index (κ3) is 4.10. The molecule has 4 atom stereocenters. The van der Waals surface area contributed by atoms with E-state index in [0.717, 1.165) is 6.07 Å². The Morgan fingerprint density at radius 2 is 1.62 bits per heavy atom. The van der Waals surface area contributed by atoms with Crippen molar-refractivity contribution in [3.05, 3.63) is 34.9 Å². The first-order valence-corrected chi connectivity index (χ1v) is 10.5. The van der Waals surface area contributed by atoms with Gasteiger partial charge in [-0.2, -0.15) is 26.3 Å². The van der Waals surface area contributed by atoms with Crippen molar-refractivity contribution in [3.63, 3.8) is 0 Å². The minimum Gasteiger partial charge on any atom is -0.390 e. The molecule has 180 valence electrons. The van der Waals surface area contributed by atoms with E-state index in [4.69, 9.17) is 0 Å². The van der Waals surface area contributed by atoms with E-state index in [-0.39, 0.29) is 35.8 Å². The second-order valence-electron chi connectivity index (χ2n) is 9.44. The fourth-order valence-corrected chi connectivity index (χ4v) is 4.87.